The van der Waals surface area contributed by atoms with Crippen molar-refractivity contribution in [3.63, 3.8) is 0 Å². The predicted molar refractivity (Wildman–Crippen MR) is 68.2 cm³/mol. The second kappa shape index (κ2) is 6.47. The minimum atomic E-state index is -4.10. The summed E-state index contributed by atoms with van der Waals surface area (Å²) in [6, 6.07) is 5.92. The molecule has 0 saturated heterocycles. The fourth-order valence-corrected chi connectivity index (χ4v) is 2.01. The van der Waals surface area contributed by atoms with Gasteiger partial charge in [0, 0.05) is 6.42 Å². The zero-order valence-corrected chi connectivity index (χ0v) is 10.8. The minimum absolute atomic E-state index is 0.0331. The number of aromatic carboxylic acids is 1. The van der Waals surface area contributed by atoms with Crippen molar-refractivity contribution >= 4 is 25.2 Å². The number of carboxylic acid groups (broad SMARTS) is 1. The van der Waals surface area contributed by atoms with Crippen LogP contribution in [0.15, 0.2) is 24.3 Å². The van der Waals surface area contributed by atoms with E-state index >= 15 is 0 Å². The molecule has 0 aromatic heterocycles. The van der Waals surface area contributed by atoms with Crippen molar-refractivity contribution in [2.24, 2.45) is 0 Å². The second-order valence-electron chi connectivity index (χ2n) is 3.89. The normalized spacial score (nSPS) is 11.1. The van der Waals surface area contributed by atoms with E-state index < -0.39 is 19.5 Å². The van der Waals surface area contributed by atoms with Crippen LogP contribution in [-0.2, 0) is 9.36 Å². The van der Waals surface area contributed by atoms with E-state index in [1.807, 2.05) is 0 Å². The van der Waals surface area contributed by atoms with Crippen LogP contribution in [-0.4, -0.2) is 32.9 Å². The molecule has 1 aromatic rings. The van der Waals surface area contributed by atoms with Gasteiger partial charge in [-0.15, -0.1) is 0 Å². The van der Waals surface area contributed by atoms with E-state index in [4.69, 9.17) is 14.9 Å². The van der Waals surface area contributed by atoms with Gasteiger partial charge in [-0.25, -0.2) is 4.79 Å². The average molecular weight is 287 g/mol. The molecule has 0 atom stereocenters. The van der Waals surface area contributed by atoms with Crippen LogP contribution in [0.3, 0.4) is 0 Å². The first-order valence-electron chi connectivity index (χ1n) is 5.46. The average Bonchev–Trinajstić information content (AvgIpc) is 2.27. The van der Waals surface area contributed by atoms with Gasteiger partial charge in [0.05, 0.1) is 17.4 Å². The van der Waals surface area contributed by atoms with Crippen LogP contribution in [0.4, 0.5) is 5.69 Å². The van der Waals surface area contributed by atoms with Gasteiger partial charge in [0.1, 0.15) is 0 Å². The first-order chi connectivity index (χ1) is 8.79. The maximum Gasteiger partial charge on any atom is 0.337 e. The highest BCUT2D eigenvalue weighted by Gasteiger charge is 2.15. The highest BCUT2D eigenvalue weighted by Crippen LogP contribution is 2.35. The smallest absolute Gasteiger partial charge is 0.337 e. The molecule has 0 heterocycles. The molecule has 1 aromatic carbocycles. The van der Waals surface area contributed by atoms with Crippen LogP contribution < -0.4 is 5.32 Å². The van der Waals surface area contributed by atoms with Crippen LogP contribution in [0.1, 0.15) is 23.2 Å². The van der Waals surface area contributed by atoms with Crippen molar-refractivity contribution < 1.29 is 29.0 Å². The summed E-state index contributed by atoms with van der Waals surface area (Å²) >= 11 is 0. The highest BCUT2D eigenvalue weighted by atomic mass is 31.2. The Balaban J connectivity index is 2.58. The van der Waals surface area contributed by atoms with Gasteiger partial charge in [0.25, 0.3) is 0 Å². The molecule has 0 bridgehead atoms. The Morgan fingerprint density at radius 3 is 2.42 bits per heavy atom. The molecule has 0 aliphatic rings. The van der Waals surface area contributed by atoms with Gasteiger partial charge in [-0.3, -0.25) is 9.36 Å². The third-order valence-electron chi connectivity index (χ3n) is 2.28. The Kier molecular flexibility index (Phi) is 5.23. The van der Waals surface area contributed by atoms with Crippen molar-refractivity contribution in [2.75, 3.05) is 11.5 Å². The lowest BCUT2D eigenvalue weighted by molar-refractivity contribution is -0.116. The highest BCUT2D eigenvalue weighted by molar-refractivity contribution is 7.51. The number of benzene rings is 1. The van der Waals surface area contributed by atoms with Gasteiger partial charge >= 0.3 is 13.6 Å². The van der Waals surface area contributed by atoms with Crippen LogP contribution in [0, 0.1) is 0 Å². The number of hydrogen-bond donors (Lipinski definition) is 4. The number of hydrogen-bond acceptors (Lipinski definition) is 3. The van der Waals surface area contributed by atoms with Crippen LogP contribution in [0.2, 0.25) is 0 Å². The van der Waals surface area contributed by atoms with E-state index in [0.717, 1.165) is 0 Å². The molecule has 7 nitrogen and oxygen atoms in total. The molecule has 0 aliphatic carbocycles. The number of amides is 1. The van der Waals surface area contributed by atoms with Gasteiger partial charge in [-0.1, -0.05) is 12.1 Å². The lowest BCUT2D eigenvalue weighted by Crippen LogP contribution is -2.14. The maximum absolute atomic E-state index is 11.5. The summed E-state index contributed by atoms with van der Waals surface area (Å²) in [6.45, 7) is 0. The van der Waals surface area contributed by atoms with Gasteiger partial charge < -0.3 is 20.2 Å². The Morgan fingerprint density at radius 1 is 1.21 bits per heavy atom. The zero-order valence-electron chi connectivity index (χ0n) is 9.94. The Morgan fingerprint density at radius 2 is 1.84 bits per heavy atom. The van der Waals surface area contributed by atoms with E-state index in [9.17, 15) is 14.2 Å². The lowest BCUT2D eigenvalue weighted by atomic mass is 10.1. The predicted octanol–water partition coefficient (Wildman–Crippen LogP) is 1.28. The van der Waals surface area contributed by atoms with Crippen LogP contribution >= 0.6 is 7.60 Å². The minimum Gasteiger partial charge on any atom is -0.478 e. The number of carboxylic acids is 1. The third kappa shape index (κ3) is 5.65. The number of carbonyl (C=O) groups is 2. The van der Waals surface area contributed by atoms with Gasteiger partial charge in [-0.05, 0) is 18.6 Å². The molecular weight excluding hydrogens is 273 g/mol. The molecule has 4 N–H and O–H groups in total. The summed E-state index contributed by atoms with van der Waals surface area (Å²) in [5.74, 6) is -1.65. The van der Waals surface area contributed by atoms with E-state index in [0.29, 0.717) is 0 Å². The monoisotopic (exact) mass is 287 g/mol. The summed E-state index contributed by atoms with van der Waals surface area (Å²) in [7, 11) is -4.10. The fourth-order valence-electron chi connectivity index (χ4n) is 1.44. The topological polar surface area (TPSA) is 124 Å². The molecule has 0 aliphatic heterocycles. The molecule has 0 fully saturated rings. The summed E-state index contributed by atoms with van der Waals surface area (Å²) in [6.07, 6.45) is -0.425. The fraction of sp³-hybridized carbons (Fsp3) is 0.273. The molecular formula is C11H14NO6P. The maximum atomic E-state index is 11.5. The quantitative estimate of drug-likeness (QED) is 0.584. The van der Waals surface area contributed by atoms with Crippen molar-refractivity contribution in [1.29, 1.82) is 0 Å². The number of nitrogens with one attached hydrogen (secondary N) is 1. The first kappa shape index (κ1) is 15.4. The van der Waals surface area contributed by atoms with E-state index in [-0.39, 0.29) is 30.3 Å². The molecule has 0 spiro atoms. The Bertz CT molecular complexity index is 524. The largest absolute Gasteiger partial charge is 0.478 e. The molecule has 8 heteroatoms. The second-order valence-corrected chi connectivity index (χ2v) is 5.67. The Labute approximate surface area is 109 Å². The van der Waals surface area contributed by atoms with Crippen molar-refractivity contribution in [1.82, 2.24) is 0 Å². The first-order valence-corrected chi connectivity index (χ1v) is 7.26. The Hall–Kier alpha value is -1.69. The van der Waals surface area contributed by atoms with Crippen molar-refractivity contribution in [2.45, 2.75) is 12.8 Å². The van der Waals surface area contributed by atoms with E-state index in [2.05, 4.69) is 5.32 Å². The van der Waals surface area contributed by atoms with Crippen molar-refractivity contribution in [3.8, 4) is 0 Å². The number of para-hydroxylation sites is 1. The number of rotatable bonds is 6. The number of anilines is 1. The summed E-state index contributed by atoms with van der Waals surface area (Å²) in [5, 5.41) is 11.3. The molecule has 0 radical (unpaired) electrons. The zero-order chi connectivity index (χ0) is 14.5. The third-order valence-corrected chi connectivity index (χ3v) is 3.18. The summed E-state index contributed by atoms with van der Waals surface area (Å²) in [4.78, 5) is 39.7. The molecule has 0 unspecified atom stereocenters. The SMILES string of the molecule is O=C(CCCP(=O)(O)O)Nc1ccccc1C(=O)O. The van der Waals surface area contributed by atoms with Crippen molar-refractivity contribution in [3.05, 3.63) is 29.8 Å². The van der Waals surface area contributed by atoms with Crippen LogP contribution in [0.25, 0.3) is 0 Å². The molecule has 19 heavy (non-hydrogen) atoms. The molecule has 104 valence electrons. The lowest BCUT2D eigenvalue weighted by Gasteiger charge is -2.08. The van der Waals surface area contributed by atoms with Gasteiger partial charge in [0.2, 0.25) is 5.91 Å². The molecule has 1 amide bonds. The van der Waals surface area contributed by atoms with Gasteiger partial charge in [0.15, 0.2) is 0 Å². The van der Waals surface area contributed by atoms with E-state index in [1.54, 1.807) is 6.07 Å². The standard InChI is InChI=1S/C11H14NO6P/c13-10(6-3-7-19(16,17)18)12-9-5-2-1-4-8(9)11(14)15/h1-2,4-5H,3,6-7H2,(H,12,13)(H,14,15)(H2,16,17,18). The summed E-state index contributed by atoms with van der Waals surface area (Å²) in [5.41, 5.74) is 0.127. The molecule has 0 saturated carbocycles. The van der Waals surface area contributed by atoms with Crippen LogP contribution in [0.5, 0.6) is 0 Å². The number of carbonyl (C=O) groups excluding carboxylic acids is 1. The summed E-state index contributed by atoms with van der Waals surface area (Å²) < 4.78 is 10.6. The molecule has 1 rings (SSSR count). The van der Waals surface area contributed by atoms with E-state index in [1.165, 1.54) is 18.2 Å². The van der Waals surface area contributed by atoms with Gasteiger partial charge in [-0.2, -0.15) is 0 Å².